The summed E-state index contributed by atoms with van der Waals surface area (Å²) in [4.78, 5) is 5.04. The van der Waals surface area contributed by atoms with Crippen LogP contribution in [0, 0.1) is 17.2 Å². The third-order valence-corrected chi connectivity index (χ3v) is 5.46. The molecule has 0 amide bonds. The second-order valence-corrected chi connectivity index (χ2v) is 6.98. The molecule has 1 heterocycles. The Bertz CT molecular complexity index is 563. The third-order valence-electron chi connectivity index (χ3n) is 5.46. The minimum absolute atomic E-state index is 0.469. The molecule has 0 bridgehead atoms. The highest BCUT2D eigenvalue weighted by Crippen LogP contribution is 2.29. The van der Waals surface area contributed by atoms with E-state index in [0.29, 0.717) is 6.04 Å². The van der Waals surface area contributed by atoms with Gasteiger partial charge in [0, 0.05) is 37.9 Å². The highest BCUT2D eigenvalue weighted by atomic mass is 15.3. The second-order valence-electron chi connectivity index (χ2n) is 6.98. The average Bonchev–Trinajstić information content (AvgIpc) is 2.57. The Kier molecular flexibility index (Phi) is 5.20. The van der Waals surface area contributed by atoms with E-state index in [1.807, 2.05) is 12.1 Å². The molecule has 1 saturated carbocycles. The van der Waals surface area contributed by atoms with Crippen molar-refractivity contribution in [2.45, 2.75) is 38.6 Å². The molecule has 0 spiro atoms. The summed E-state index contributed by atoms with van der Waals surface area (Å²) in [5.74, 6) is 0.863. The SMILES string of the molecule is CCc1c(C#N)cccc1N1CCN(CCC2CC(N)C2)CC1. The predicted molar refractivity (Wildman–Crippen MR) is 94.5 cm³/mol. The van der Waals surface area contributed by atoms with Gasteiger partial charge < -0.3 is 10.6 Å². The topological polar surface area (TPSA) is 56.3 Å². The van der Waals surface area contributed by atoms with Crippen LogP contribution in [0.4, 0.5) is 5.69 Å². The zero-order valence-electron chi connectivity index (χ0n) is 14.2. The Morgan fingerprint density at radius 2 is 1.96 bits per heavy atom. The minimum Gasteiger partial charge on any atom is -0.369 e. The molecule has 4 heteroatoms. The molecule has 124 valence electrons. The summed E-state index contributed by atoms with van der Waals surface area (Å²) in [6.07, 6.45) is 4.67. The molecule has 1 aliphatic carbocycles. The molecule has 23 heavy (non-hydrogen) atoms. The second kappa shape index (κ2) is 7.33. The summed E-state index contributed by atoms with van der Waals surface area (Å²) in [6.45, 7) is 7.72. The molecule has 4 nitrogen and oxygen atoms in total. The summed E-state index contributed by atoms with van der Waals surface area (Å²) >= 11 is 0. The molecular formula is C19H28N4. The predicted octanol–water partition coefficient (Wildman–Crippen LogP) is 2.37. The molecule has 0 unspecified atom stereocenters. The molecule has 2 N–H and O–H groups in total. The lowest BCUT2D eigenvalue weighted by molar-refractivity contribution is 0.189. The van der Waals surface area contributed by atoms with Crippen LogP contribution in [0.5, 0.6) is 0 Å². The number of hydrogen-bond acceptors (Lipinski definition) is 4. The van der Waals surface area contributed by atoms with E-state index in [-0.39, 0.29) is 0 Å². The van der Waals surface area contributed by atoms with Crippen molar-refractivity contribution in [3.8, 4) is 6.07 Å². The van der Waals surface area contributed by atoms with Crippen molar-refractivity contribution in [1.29, 1.82) is 5.26 Å². The Morgan fingerprint density at radius 1 is 1.22 bits per heavy atom. The number of anilines is 1. The first kappa shape index (κ1) is 16.3. The van der Waals surface area contributed by atoms with Gasteiger partial charge in [-0.05, 0) is 55.8 Å². The smallest absolute Gasteiger partial charge is 0.0995 e. The zero-order valence-corrected chi connectivity index (χ0v) is 14.2. The normalized spacial score (nSPS) is 25.0. The lowest BCUT2D eigenvalue weighted by Crippen LogP contribution is -2.48. The van der Waals surface area contributed by atoms with E-state index in [1.54, 1.807) is 0 Å². The van der Waals surface area contributed by atoms with Crippen molar-refractivity contribution in [2.75, 3.05) is 37.6 Å². The van der Waals surface area contributed by atoms with Crippen molar-refractivity contribution in [1.82, 2.24) is 4.90 Å². The van der Waals surface area contributed by atoms with E-state index < -0.39 is 0 Å². The Labute approximate surface area is 139 Å². The highest BCUT2D eigenvalue weighted by Gasteiger charge is 2.27. The maximum absolute atomic E-state index is 9.30. The van der Waals surface area contributed by atoms with Gasteiger partial charge in [0.05, 0.1) is 11.6 Å². The van der Waals surface area contributed by atoms with Gasteiger partial charge in [-0.15, -0.1) is 0 Å². The number of nitriles is 1. The maximum Gasteiger partial charge on any atom is 0.0995 e. The van der Waals surface area contributed by atoms with Gasteiger partial charge in [-0.2, -0.15) is 5.26 Å². The number of nitrogens with zero attached hydrogens (tertiary/aromatic N) is 3. The van der Waals surface area contributed by atoms with Crippen molar-refractivity contribution < 1.29 is 0 Å². The average molecular weight is 312 g/mol. The van der Waals surface area contributed by atoms with Crippen molar-refractivity contribution in [3.63, 3.8) is 0 Å². The first-order valence-corrected chi connectivity index (χ1v) is 8.96. The molecule has 2 aliphatic rings. The molecule has 1 saturated heterocycles. The number of benzene rings is 1. The Morgan fingerprint density at radius 3 is 2.57 bits per heavy atom. The first-order valence-electron chi connectivity index (χ1n) is 8.96. The molecule has 1 aromatic rings. The van der Waals surface area contributed by atoms with Crippen LogP contribution in [-0.2, 0) is 6.42 Å². The fraction of sp³-hybridized carbons (Fsp3) is 0.632. The van der Waals surface area contributed by atoms with Crippen LogP contribution < -0.4 is 10.6 Å². The van der Waals surface area contributed by atoms with E-state index in [9.17, 15) is 5.26 Å². The third kappa shape index (κ3) is 3.68. The monoisotopic (exact) mass is 312 g/mol. The molecule has 1 aromatic carbocycles. The fourth-order valence-corrected chi connectivity index (χ4v) is 3.95. The van der Waals surface area contributed by atoms with Crippen LogP contribution in [0.15, 0.2) is 18.2 Å². The van der Waals surface area contributed by atoms with Crippen molar-refractivity contribution >= 4 is 5.69 Å². The lowest BCUT2D eigenvalue weighted by atomic mass is 9.79. The van der Waals surface area contributed by atoms with E-state index in [0.717, 1.165) is 44.1 Å². The molecule has 0 radical (unpaired) electrons. The van der Waals surface area contributed by atoms with Gasteiger partial charge in [0.2, 0.25) is 0 Å². The number of hydrogen-bond donors (Lipinski definition) is 1. The van der Waals surface area contributed by atoms with Crippen molar-refractivity contribution in [2.24, 2.45) is 11.7 Å². The van der Waals surface area contributed by atoms with Gasteiger partial charge in [-0.1, -0.05) is 13.0 Å². The van der Waals surface area contributed by atoms with E-state index >= 15 is 0 Å². The van der Waals surface area contributed by atoms with Gasteiger partial charge in [0.25, 0.3) is 0 Å². The summed E-state index contributed by atoms with van der Waals surface area (Å²) in [5.41, 5.74) is 9.16. The van der Waals surface area contributed by atoms with E-state index in [4.69, 9.17) is 5.73 Å². The molecule has 3 rings (SSSR count). The quantitative estimate of drug-likeness (QED) is 0.907. The first-order chi connectivity index (χ1) is 11.2. The van der Waals surface area contributed by atoms with E-state index in [1.165, 1.54) is 37.1 Å². The molecule has 2 fully saturated rings. The summed E-state index contributed by atoms with van der Waals surface area (Å²) in [6, 6.07) is 8.92. The van der Waals surface area contributed by atoms with Gasteiger partial charge in [-0.3, -0.25) is 4.90 Å². The minimum atomic E-state index is 0.469. The van der Waals surface area contributed by atoms with Crippen LogP contribution in [0.2, 0.25) is 0 Å². The Balaban J connectivity index is 1.54. The summed E-state index contributed by atoms with van der Waals surface area (Å²) < 4.78 is 0. The molecule has 0 atom stereocenters. The van der Waals surface area contributed by atoms with Crippen molar-refractivity contribution in [3.05, 3.63) is 29.3 Å². The van der Waals surface area contributed by atoms with Crippen LogP contribution in [0.25, 0.3) is 0 Å². The molecule has 0 aromatic heterocycles. The van der Waals surface area contributed by atoms with Gasteiger partial charge in [0.15, 0.2) is 0 Å². The Hall–Kier alpha value is -1.57. The lowest BCUT2D eigenvalue weighted by Gasteiger charge is -2.39. The number of rotatable bonds is 5. The van der Waals surface area contributed by atoms with Gasteiger partial charge in [-0.25, -0.2) is 0 Å². The van der Waals surface area contributed by atoms with Crippen LogP contribution in [0.1, 0.15) is 37.3 Å². The van der Waals surface area contributed by atoms with Crippen LogP contribution in [0.3, 0.4) is 0 Å². The van der Waals surface area contributed by atoms with E-state index in [2.05, 4.69) is 28.9 Å². The van der Waals surface area contributed by atoms with Gasteiger partial charge in [0.1, 0.15) is 0 Å². The van der Waals surface area contributed by atoms with Crippen LogP contribution >= 0.6 is 0 Å². The standard InChI is InChI=1S/C19H28N4/c1-2-18-16(14-20)4-3-5-19(18)23-10-8-22(9-11-23)7-6-15-12-17(21)13-15/h3-5,15,17H,2,6-13,21H2,1H3. The van der Waals surface area contributed by atoms with Crippen LogP contribution in [-0.4, -0.2) is 43.7 Å². The zero-order chi connectivity index (χ0) is 16.2. The maximum atomic E-state index is 9.30. The largest absolute Gasteiger partial charge is 0.369 e. The summed E-state index contributed by atoms with van der Waals surface area (Å²) in [7, 11) is 0. The number of piperazine rings is 1. The van der Waals surface area contributed by atoms with Gasteiger partial charge >= 0.3 is 0 Å². The summed E-state index contributed by atoms with van der Waals surface area (Å²) in [5, 5.41) is 9.30. The molecule has 1 aliphatic heterocycles. The number of nitrogens with two attached hydrogens (primary N) is 1. The highest BCUT2D eigenvalue weighted by molar-refractivity contribution is 5.60. The molecular weight excluding hydrogens is 284 g/mol. The fourth-order valence-electron chi connectivity index (χ4n) is 3.95.